The van der Waals surface area contributed by atoms with Crippen LogP contribution in [0.4, 0.5) is 0 Å². The van der Waals surface area contributed by atoms with Crippen LogP contribution < -0.4 is 5.32 Å². The van der Waals surface area contributed by atoms with Crippen molar-refractivity contribution < 1.29 is 13.2 Å². The highest BCUT2D eigenvalue weighted by atomic mass is 32.2. The Bertz CT molecular complexity index is 900. The predicted molar refractivity (Wildman–Crippen MR) is 92.4 cm³/mol. The van der Waals surface area contributed by atoms with Gasteiger partial charge in [-0.2, -0.15) is 9.40 Å². The van der Waals surface area contributed by atoms with E-state index in [-0.39, 0.29) is 12.5 Å². The Morgan fingerprint density at radius 1 is 1.36 bits per heavy atom. The molecule has 0 bridgehead atoms. The Morgan fingerprint density at radius 2 is 2.12 bits per heavy atom. The van der Waals surface area contributed by atoms with Gasteiger partial charge in [0.15, 0.2) is 0 Å². The van der Waals surface area contributed by atoms with Gasteiger partial charge >= 0.3 is 0 Å². The molecule has 0 radical (unpaired) electrons. The van der Waals surface area contributed by atoms with Crippen molar-refractivity contribution in [3.63, 3.8) is 0 Å². The molecule has 0 aromatic carbocycles. The summed E-state index contributed by atoms with van der Waals surface area (Å²) >= 11 is 0. The van der Waals surface area contributed by atoms with Gasteiger partial charge in [-0.1, -0.05) is 0 Å². The van der Waals surface area contributed by atoms with Crippen molar-refractivity contribution in [2.75, 3.05) is 12.8 Å². The number of fused-ring (bicyclic) bond motifs is 1. The van der Waals surface area contributed by atoms with Gasteiger partial charge in [0.05, 0.1) is 17.5 Å². The zero-order chi connectivity index (χ0) is 18.2. The Kier molecular flexibility index (Phi) is 4.61. The summed E-state index contributed by atoms with van der Waals surface area (Å²) in [5, 5.41) is 9.91. The average Bonchev–Trinajstić information content (AvgIpc) is 2.89. The summed E-state index contributed by atoms with van der Waals surface area (Å²) in [6, 6.07) is 0. The van der Waals surface area contributed by atoms with Crippen molar-refractivity contribution in [3.05, 3.63) is 46.0 Å². The highest BCUT2D eigenvalue weighted by molar-refractivity contribution is 7.88. The minimum absolute atomic E-state index is 0.211. The number of hydrogen-bond donors (Lipinski definition) is 2. The molecule has 134 valence electrons. The minimum atomic E-state index is -3.26. The molecular weight excluding hydrogens is 342 g/mol. The summed E-state index contributed by atoms with van der Waals surface area (Å²) in [7, 11) is -3.26. The van der Waals surface area contributed by atoms with Gasteiger partial charge < -0.3 is 5.32 Å². The number of aromatic nitrogens is 3. The number of carbonyl (C=O) groups excluding carboxylic acids is 1. The number of H-pyrrole nitrogens is 1. The van der Waals surface area contributed by atoms with Gasteiger partial charge in [0.2, 0.25) is 10.0 Å². The van der Waals surface area contributed by atoms with Gasteiger partial charge in [0.1, 0.15) is 0 Å². The number of sulfonamides is 1. The van der Waals surface area contributed by atoms with E-state index >= 15 is 0 Å². The first-order valence-electron chi connectivity index (χ1n) is 7.97. The van der Waals surface area contributed by atoms with E-state index in [0.29, 0.717) is 25.1 Å². The number of aromatic amines is 1. The first-order chi connectivity index (χ1) is 11.8. The summed E-state index contributed by atoms with van der Waals surface area (Å²) in [5.41, 5.74) is 4.90. The van der Waals surface area contributed by atoms with Gasteiger partial charge in [-0.25, -0.2) is 8.42 Å². The lowest BCUT2D eigenvalue weighted by molar-refractivity contribution is 0.0949. The molecular formula is C16H21N5O3S. The molecule has 1 aliphatic heterocycles. The van der Waals surface area contributed by atoms with Crippen molar-refractivity contribution in [1.82, 2.24) is 24.8 Å². The van der Waals surface area contributed by atoms with Crippen molar-refractivity contribution >= 4 is 15.9 Å². The molecule has 3 rings (SSSR count). The molecule has 1 aliphatic rings. The van der Waals surface area contributed by atoms with Gasteiger partial charge in [-0.05, 0) is 31.4 Å². The summed E-state index contributed by atoms with van der Waals surface area (Å²) in [5.74, 6) is -0.211. The summed E-state index contributed by atoms with van der Waals surface area (Å²) in [6.07, 6.45) is 4.86. The van der Waals surface area contributed by atoms with E-state index in [1.54, 1.807) is 12.4 Å². The van der Waals surface area contributed by atoms with Crippen LogP contribution in [0.15, 0.2) is 12.4 Å². The van der Waals surface area contributed by atoms with E-state index in [2.05, 4.69) is 20.5 Å². The molecule has 3 heterocycles. The van der Waals surface area contributed by atoms with Crippen LogP contribution >= 0.6 is 0 Å². The number of nitrogens with one attached hydrogen (secondary N) is 2. The van der Waals surface area contributed by atoms with Crippen molar-refractivity contribution in [3.8, 4) is 0 Å². The molecule has 0 unspecified atom stereocenters. The van der Waals surface area contributed by atoms with E-state index < -0.39 is 10.0 Å². The van der Waals surface area contributed by atoms with Gasteiger partial charge in [0.25, 0.3) is 5.91 Å². The van der Waals surface area contributed by atoms with E-state index in [9.17, 15) is 13.2 Å². The third-order valence-corrected chi connectivity index (χ3v) is 5.77. The molecule has 2 aromatic heterocycles. The molecule has 0 fully saturated rings. The number of rotatable bonds is 4. The van der Waals surface area contributed by atoms with E-state index in [1.807, 2.05) is 13.8 Å². The molecule has 0 saturated carbocycles. The van der Waals surface area contributed by atoms with Crippen LogP contribution in [0.25, 0.3) is 0 Å². The van der Waals surface area contributed by atoms with E-state index in [0.717, 1.165) is 28.1 Å². The van der Waals surface area contributed by atoms with Gasteiger partial charge in [-0.3, -0.25) is 14.9 Å². The highest BCUT2D eigenvalue weighted by Crippen LogP contribution is 2.23. The van der Waals surface area contributed by atoms with Crippen molar-refractivity contribution in [2.45, 2.75) is 33.4 Å². The van der Waals surface area contributed by atoms with Crippen LogP contribution in [0.2, 0.25) is 0 Å². The maximum atomic E-state index is 12.6. The lowest BCUT2D eigenvalue weighted by Gasteiger charge is -2.27. The highest BCUT2D eigenvalue weighted by Gasteiger charge is 2.26. The van der Waals surface area contributed by atoms with Gasteiger partial charge in [0, 0.05) is 43.3 Å². The first-order valence-corrected chi connectivity index (χ1v) is 9.81. The fraction of sp³-hybridized carbons (Fsp3) is 0.438. The van der Waals surface area contributed by atoms with Crippen LogP contribution in [-0.4, -0.2) is 46.6 Å². The second kappa shape index (κ2) is 6.57. The lowest BCUT2D eigenvalue weighted by atomic mass is 9.98. The molecule has 25 heavy (non-hydrogen) atoms. The topological polar surface area (TPSA) is 108 Å². The third kappa shape index (κ3) is 3.57. The quantitative estimate of drug-likeness (QED) is 0.830. The zero-order valence-electron chi connectivity index (χ0n) is 14.5. The predicted octanol–water partition coefficient (Wildman–Crippen LogP) is 0.669. The maximum Gasteiger partial charge on any atom is 0.253 e. The average molecular weight is 363 g/mol. The number of nitrogens with zero attached hydrogens (tertiary/aromatic N) is 3. The Balaban J connectivity index is 1.79. The molecule has 0 atom stereocenters. The molecule has 9 heteroatoms. The molecule has 0 spiro atoms. The first kappa shape index (κ1) is 17.6. The second-order valence-electron chi connectivity index (χ2n) is 6.27. The van der Waals surface area contributed by atoms with E-state index in [4.69, 9.17) is 0 Å². The van der Waals surface area contributed by atoms with Crippen LogP contribution in [0.3, 0.4) is 0 Å². The Labute approximate surface area is 146 Å². The van der Waals surface area contributed by atoms with Gasteiger partial charge in [-0.15, -0.1) is 0 Å². The minimum Gasteiger partial charge on any atom is -0.348 e. The number of pyridine rings is 1. The van der Waals surface area contributed by atoms with Crippen LogP contribution in [0, 0.1) is 13.8 Å². The normalized spacial score (nSPS) is 15.0. The summed E-state index contributed by atoms with van der Waals surface area (Å²) < 4.78 is 24.9. The lowest BCUT2D eigenvalue weighted by Crippen LogP contribution is -2.36. The Hall–Kier alpha value is -2.26. The summed E-state index contributed by atoms with van der Waals surface area (Å²) in [6.45, 7) is 4.80. The van der Waals surface area contributed by atoms with Crippen LogP contribution in [-0.2, 0) is 29.5 Å². The van der Waals surface area contributed by atoms with Crippen molar-refractivity contribution in [2.24, 2.45) is 0 Å². The largest absolute Gasteiger partial charge is 0.348 e. The zero-order valence-corrected chi connectivity index (χ0v) is 15.3. The maximum absolute atomic E-state index is 12.6. The smallest absolute Gasteiger partial charge is 0.253 e. The fourth-order valence-electron chi connectivity index (χ4n) is 3.04. The second-order valence-corrected chi connectivity index (χ2v) is 8.25. The standard InChI is InChI=1S/C16H21N5O3S/c1-10-14(11(2)20-19-10)8-18-16(22)15-7-17-6-12-9-21(25(3,23)24)5-4-13(12)15/h6-7H,4-5,8-9H2,1-3H3,(H,18,22)(H,19,20). The SMILES string of the molecule is Cc1n[nH]c(C)c1CNC(=O)c1cncc2c1CCN(S(C)(=O)=O)C2. The number of carbonyl (C=O) groups is 1. The number of amides is 1. The van der Waals surface area contributed by atoms with Crippen LogP contribution in [0.5, 0.6) is 0 Å². The van der Waals surface area contributed by atoms with E-state index in [1.165, 1.54) is 10.6 Å². The summed E-state index contributed by atoms with van der Waals surface area (Å²) in [4.78, 5) is 16.7. The molecule has 0 aliphatic carbocycles. The van der Waals surface area contributed by atoms with Crippen molar-refractivity contribution in [1.29, 1.82) is 0 Å². The third-order valence-electron chi connectivity index (χ3n) is 4.52. The number of aryl methyl sites for hydroxylation is 2. The monoisotopic (exact) mass is 363 g/mol. The molecule has 1 amide bonds. The number of hydrogen-bond acceptors (Lipinski definition) is 5. The fourth-order valence-corrected chi connectivity index (χ4v) is 3.84. The molecule has 2 aromatic rings. The molecule has 2 N–H and O–H groups in total. The molecule has 0 saturated heterocycles. The Morgan fingerprint density at radius 3 is 2.76 bits per heavy atom. The molecule has 8 nitrogen and oxygen atoms in total. The van der Waals surface area contributed by atoms with Crippen LogP contribution in [0.1, 0.15) is 38.4 Å².